The molecule has 0 saturated carbocycles. The minimum Gasteiger partial charge on any atom is -0.370 e. The number of halogens is 2. The van der Waals surface area contributed by atoms with Crippen molar-refractivity contribution >= 4 is 44.9 Å². The maximum absolute atomic E-state index is 12.2. The van der Waals surface area contributed by atoms with Crippen molar-refractivity contribution in [1.29, 1.82) is 0 Å². The number of carbonyl (C=O) groups is 1. The van der Waals surface area contributed by atoms with Crippen LogP contribution in [0.2, 0.25) is 5.02 Å². The van der Waals surface area contributed by atoms with Crippen LogP contribution in [-0.2, 0) is 0 Å². The SMILES string of the molecule is CCNc1cccc(C(=O)Nc2cc(Cl)ccc2Br)n1. The molecule has 20 heavy (non-hydrogen) atoms. The van der Waals surface area contributed by atoms with Crippen molar-refractivity contribution in [3.63, 3.8) is 0 Å². The molecule has 0 fully saturated rings. The second-order valence-corrected chi connectivity index (χ2v) is 5.31. The van der Waals surface area contributed by atoms with Crippen LogP contribution in [-0.4, -0.2) is 17.4 Å². The van der Waals surface area contributed by atoms with Crippen LogP contribution in [0.3, 0.4) is 0 Å². The van der Waals surface area contributed by atoms with E-state index in [9.17, 15) is 4.79 Å². The number of anilines is 2. The Labute approximate surface area is 130 Å². The first kappa shape index (κ1) is 14.8. The monoisotopic (exact) mass is 353 g/mol. The summed E-state index contributed by atoms with van der Waals surface area (Å²) in [5, 5.41) is 6.40. The maximum atomic E-state index is 12.2. The Morgan fingerprint density at radius 1 is 1.35 bits per heavy atom. The predicted molar refractivity (Wildman–Crippen MR) is 85.5 cm³/mol. The molecule has 0 saturated heterocycles. The Bertz CT molecular complexity index is 634. The maximum Gasteiger partial charge on any atom is 0.274 e. The fourth-order valence-corrected chi connectivity index (χ4v) is 2.14. The summed E-state index contributed by atoms with van der Waals surface area (Å²) in [5.74, 6) is 0.387. The van der Waals surface area contributed by atoms with E-state index in [2.05, 4.69) is 31.5 Å². The van der Waals surface area contributed by atoms with Crippen molar-refractivity contribution < 1.29 is 4.79 Å². The molecule has 0 aliphatic heterocycles. The number of amides is 1. The van der Waals surface area contributed by atoms with Crippen LogP contribution < -0.4 is 10.6 Å². The molecule has 0 unspecified atom stereocenters. The van der Waals surface area contributed by atoms with Crippen LogP contribution in [0.4, 0.5) is 11.5 Å². The zero-order valence-electron chi connectivity index (χ0n) is 10.8. The van der Waals surface area contributed by atoms with Gasteiger partial charge in [0.05, 0.1) is 5.69 Å². The van der Waals surface area contributed by atoms with Gasteiger partial charge in [-0.15, -0.1) is 0 Å². The van der Waals surface area contributed by atoms with Gasteiger partial charge in [0.15, 0.2) is 0 Å². The summed E-state index contributed by atoms with van der Waals surface area (Å²) in [7, 11) is 0. The number of aromatic nitrogens is 1. The van der Waals surface area contributed by atoms with Gasteiger partial charge in [-0.05, 0) is 53.2 Å². The van der Waals surface area contributed by atoms with Gasteiger partial charge in [-0.1, -0.05) is 17.7 Å². The molecule has 1 heterocycles. The zero-order valence-corrected chi connectivity index (χ0v) is 13.1. The molecule has 0 bridgehead atoms. The zero-order chi connectivity index (χ0) is 14.5. The molecule has 2 N–H and O–H groups in total. The predicted octanol–water partition coefficient (Wildman–Crippen LogP) is 4.18. The van der Waals surface area contributed by atoms with Gasteiger partial charge in [0, 0.05) is 16.0 Å². The van der Waals surface area contributed by atoms with E-state index in [0.29, 0.717) is 22.2 Å². The summed E-state index contributed by atoms with van der Waals surface area (Å²) in [5.41, 5.74) is 0.952. The number of nitrogens with zero attached hydrogens (tertiary/aromatic N) is 1. The van der Waals surface area contributed by atoms with Crippen LogP contribution in [0, 0.1) is 0 Å². The highest BCUT2D eigenvalue weighted by Crippen LogP contribution is 2.26. The summed E-state index contributed by atoms with van der Waals surface area (Å²) >= 11 is 9.28. The Hall–Kier alpha value is -1.59. The number of pyridine rings is 1. The van der Waals surface area contributed by atoms with Gasteiger partial charge in [-0.2, -0.15) is 0 Å². The van der Waals surface area contributed by atoms with Gasteiger partial charge in [0.1, 0.15) is 11.5 Å². The lowest BCUT2D eigenvalue weighted by Crippen LogP contribution is -2.15. The largest absolute Gasteiger partial charge is 0.370 e. The van der Waals surface area contributed by atoms with E-state index in [1.165, 1.54) is 0 Å². The van der Waals surface area contributed by atoms with E-state index >= 15 is 0 Å². The fourth-order valence-electron chi connectivity index (χ4n) is 1.62. The van der Waals surface area contributed by atoms with Crippen LogP contribution in [0.1, 0.15) is 17.4 Å². The highest BCUT2D eigenvalue weighted by molar-refractivity contribution is 9.10. The highest BCUT2D eigenvalue weighted by atomic mass is 79.9. The summed E-state index contributed by atoms with van der Waals surface area (Å²) < 4.78 is 0.762. The van der Waals surface area contributed by atoms with E-state index in [0.717, 1.165) is 11.0 Å². The summed E-state index contributed by atoms with van der Waals surface area (Å²) in [4.78, 5) is 16.4. The Morgan fingerprint density at radius 3 is 2.90 bits per heavy atom. The van der Waals surface area contributed by atoms with Crippen molar-refractivity contribution in [3.05, 3.63) is 51.6 Å². The quantitative estimate of drug-likeness (QED) is 0.866. The van der Waals surface area contributed by atoms with Crippen molar-refractivity contribution in [2.24, 2.45) is 0 Å². The molecule has 1 amide bonds. The first-order valence-corrected chi connectivity index (χ1v) is 7.24. The lowest BCUT2D eigenvalue weighted by Gasteiger charge is -2.08. The van der Waals surface area contributed by atoms with Crippen molar-refractivity contribution in [2.75, 3.05) is 17.2 Å². The first-order valence-electron chi connectivity index (χ1n) is 6.07. The number of rotatable bonds is 4. The number of benzene rings is 1. The topological polar surface area (TPSA) is 54.0 Å². The summed E-state index contributed by atoms with van der Waals surface area (Å²) in [6.07, 6.45) is 0. The first-order chi connectivity index (χ1) is 9.60. The van der Waals surface area contributed by atoms with E-state index in [4.69, 9.17) is 11.6 Å². The molecular weight excluding hydrogens is 342 g/mol. The van der Waals surface area contributed by atoms with Gasteiger partial charge in [-0.3, -0.25) is 4.79 Å². The summed E-state index contributed by atoms with van der Waals surface area (Å²) in [6.45, 7) is 2.72. The summed E-state index contributed by atoms with van der Waals surface area (Å²) in [6, 6.07) is 10.5. The Morgan fingerprint density at radius 2 is 2.15 bits per heavy atom. The van der Waals surface area contributed by atoms with Gasteiger partial charge in [-0.25, -0.2) is 4.98 Å². The molecule has 2 aromatic rings. The number of nitrogens with one attached hydrogen (secondary N) is 2. The Kier molecular flexibility index (Phi) is 4.98. The third-order valence-electron chi connectivity index (χ3n) is 2.52. The molecular formula is C14H13BrClN3O. The van der Waals surface area contributed by atoms with Crippen molar-refractivity contribution in [1.82, 2.24) is 4.98 Å². The van der Waals surface area contributed by atoms with Gasteiger partial charge >= 0.3 is 0 Å². The lowest BCUT2D eigenvalue weighted by atomic mass is 10.3. The van der Waals surface area contributed by atoms with Crippen LogP contribution in [0.5, 0.6) is 0 Å². The van der Waals surface area contributed by atoms with Crippen molar-refractivity contribution in [3.8, 4) is 0 Å². The molecule has 0 radical (unpaired) electrons. The molecule has 6 heteroatoms. The van der Waals surface area contributed by atoms with Gasteiger partial charge in [0.2, 0.25) is 0 Å². The molecule has 0 aliphatic rings. The average molecular weight is 355 g/mol. The molecule has 1 aromatic heterocycles. The normalized spacial score (nSPS) is 10.2. The van der Waals surface area contributed by atoms with Crippen LogP contribution >= 0.6 is 27.5 Å². The fraction of sp³-hybridized carbons (Fsp3) is 0.143. The molecule has 0 aliphatic carbocycles. The molecule has 0 spiro atoms. The second-order valence-electron chi connectivity index (χ2n) is 4.02. The highest BCUT2D eigenvalue weighted by Gasteiger charge is 2.10. The third-order valence-corrected chi connectivity index (χ3v) is 3.44. The number of hydrogen-bond acceptors (Lipinski definition) is 3. The van der Waals surface area contributed by atoms with E-state index in [1.807, 2.05) is 13.0 Å². The van der Waals surface area contributed by atoms with Crippen LogP contribution in [0.15, 0.2) is 40.9 Å². The molecule has 0 atom stereocenters. The minimum absolute atomic E-state index is 0.285. The average Bonchev–Trinajstić information content (AvgIpc) is 2.43. The number of carbonyl (C=O) groups excluding carboxylic acids is 1. The molecule has 1 aromatic carbocycles. The molecule has 4 nitrogen and oxygen atoms in total. The van der Waals surface area contributed by atoms with Gasteiger partial charge in [0.25, 0.3) is 5.91 Å². The minimum atomic E-state index is -0.285. The van der Waals surface area contributed by atoms with E-state index in [-0.39, 0.29) is 5.91 Å². The van der Waals surface area contributed by atoms with Crippen LogP contribution in [0.25, 0.3) is 0 Å². The van der Waals surface area contributed by atoms with E-state index < -0.39 is 0 Å². The van der Waals surface area contributed by atoms with Gasteiger partial charge < -0.3 is 10.6 Å². The van der Waals surface area contributed by atoms with E-state index in [1.54, 1.807) is 30.3 Å². The molecule has 2 rings (SSSR count). The second kappa shape index (κ2) is 6.72. The Balaban J connectivity index is 2.19. The third kappa shape index (κ3) is 3.71. The smallest absolute Gasteiger partial charge is 0.274 e. The molecule has 104 valence electrons. The lowest BCUT2D eigenvalue weighted by molar-refractivity contribution is 0.102. The standard InChI is InChI=1S/C14H13BrClN3O/c1-2-17-13-5-3-4-11(18-13)14(20)19-12-8-9(16)6-7-10(12)15/h3-8H,2H2,1H3,(H,17,18)(H,19,20). The number of hydrogen-bond donors (Lipinski definition) is 2. The van der Waals surface area contributed by atoms with Crippen molar-refractivity contribution in [2.45, 2.75) is 6.92 Å².